The van der Waals surface area contributed by atoms with E-state index in [0.29, 0.717) is 31.7 Å². The smallest absolute Gasteiger partial charge is 0.289 e. The van der Waals surface area contributed by atoms with Crippen molar-refractivity contribution in [1.29, 1.82) is 0 Å². The van der Waals surface area contributed by atoms with Gasteiger partial charge in [0.05, 0.1) is 6.61 Å². The summed E-state index contributed by atoms with van der Waals surface area (Å²) < 4.78 is 5.11. The van der Waals surface area contributed by atoms with Crippen LogP contribution >= 0.6 is 0 Å². The van der Waals surface area contributed by atoms with Crippen LogP contribution in [0, 0.1) is 5.92 Å². The first-order valence-corrected chi connectivity index (χ1v) is 9.68. The summed E-state index contributed by atoms with van der Waals surface area (Å²) in [7, 11) is 1.62. The summed E-state index contributed by atoms with van der Waals surface area (Å²) in [5, 5.41) is 0. The maximum absolute atomic E-state index is 12.2. The molecule has 1 saturated heterocycles. The Hall–Kier alpha value is -1.72. The molecule has 0 saturated carbocycles. The number of carbonyl (C=O) groups is 2. The number of fused-ring (bicyclic) bond motifs is 1. The van der Waals surface area contributed by atoms with Crippen LogP contribution in [0.4, 0.5) is 0 Å². The van der Waals surface area contributed by atoms with E-state index in [9.17, 15) is 9.59 Å². The van der Waals surface area contributed by atoms with Gasteiger partial charge in [0.1, 0.15) is 0 Å². The van der Waals surface area contributed by atoms with Crippen molar-refractivity contribution < 1.29 is 14.3 Å². The molecule has 1 aliphatic carbocycles. The molecule has 5 heteroatoms. The third kappa shape index (κ3) is 4.51. The van der Waals surface area contributed by atoms with Gasteiger partial charge in [-0.15, -0.1) is 0 Å². The van der Waals surface area contributed by atoms with Gasteiger partial charge >= 0.3 is 0 Å². The fourth-order valence-corrected chi connectivity index (χ4v) is 4.38. The molecule has 2 aliphatic rings. The summed E-state index contributed by atoms with van der Waals surface area (Å²) in [6, 6.07) is 9.32. The minimum absolute atomic E-state index is 0.382. The van der Waals surface area contributed by atoms with Gasteiger partial charge in [0, 0.05) is 39.7 Å². The first-order valence-electron chi connectivity index (χ1n) is 9.68. The Morgan fingerprint density at radius 3 is 2.54 bits per heavy atom. The number of likely N-dealkylation sites (tertiary alicyclic amines) is 1. The van der Waals surface area contributed by atoms with Crippen molar-refractivity contribution in [1.82, 2.24) is 9.80 Å². The van der Waals surface area contributed by atoms with Gasteiger partial charge < -0.3 is 9.64 Å². The minimum Gasteiger partial charge on any atom is -0.383 e. The number of benzene rings is 1. The lowest BCUT2D eigenvalue weighted by Gasteiger charge is -2.38. The molecule has 5 nitrogen and oxygen atoms in total. The van der Waals surface area contributed by atoms with Crippen LogP contribution in [0.2, 0.25) is 0 Å². The number of amides is 1. The lowest BCUT2D eigenvalue weighted by atomic mass is 9.95. The van der Waals surface area contributed by atoms with Crippen molar-refractivity contribution in [2.24, 2.45) is 5.92 Å². The summed E-state index contributed by atoms with van der Waals surface area (Å²) in [5.41, 5.74) is 2.96. The normalized spacial score (nSPS) is 20.8. The Bertz CT molecular complexity index is 621. The van der Waals surface area contributed by atoms with E-state index in [1.165, 1.54) is 18.1 Å². The highest BCUT2D eigenvalue weighted by Gasteiger charge is 2.31. The van der Waals surface area contributed by atoms with Crippen molar-refractivity contribution in [2.75, 3.05) is 39.9 Å². The Balaban J connectivity index is 1.59. The molecule has 0 bridgehead atoms. The Morgan fingerprint density at radius 1 is 1.23 bits per heavy atom. The summed E-state index contributed by atoms with van der Waals surface area (Å²) in [6.07, 6.45) is 4.53. The van der Waals surface area contributed by atoms with Gasteiger partial charge in [-0.2, -0.15) is 0 Å². The maximum Gasteiger partial charge on any atom is 0.289 e. The largest absolute Gasteiger partial charge is 0.383 e. The van der Waals surface area contributed by atoms with E-state index >= 15 is 0 Å². The second-order valence-corrected chi connectivity index (χ2v) is 7.63. The van der Waals surface area contributed by atoms with Crippen LogP contribution in [-0.4, -0.2) is 67.4 Å². The predicted octanol–water partition coefficient (Wildman–Crippen LogP) is 1.93. The van der Waals surface area contributed by atoms with Crippen molar-refractivity contribution in [2.45, 2.75) is 38.6 Å². The maximum atomic E-state index is 12.2. The van der Waals surface area contributed by atoms with Crippen LogP contribution in [0.1, 0.15) is 30.9 Å². The third-order valence-corrected chi connectivity index (χ3v) is 5.73. The van der Waals surface area contributed by atoms with Gasteiger partial charge in [-0.05, 0) is 49.3 Å². The molecule has 0 aromatic heterocycles. The number of piperidine rings is 1. The molecule has 1 aromatic carbocycles. The number of hydrogen-bond donors (Lipinski definition) is 0. The standard InChI is InChI=1S/C21H30N2O3/c1-16(24)21(25)23(10-11-26-2)15-17-6-5-9-22(14-17)20-12-18-7-3-4-8-19(18)13-20/h3-4,7-8,17,20H,5-6,9-15H2,1-2H3/t17-/m0/s1. The number of rotatable bonds is 7. The van der Waals surface area contributed by atoms with E-state index in [1.54, 1.807) is 12.0 Å². The van der Waals surface area contributed by atoms with E-state index < -0.39 is 0 Å². The molecule has 1 atom stereocenters. The molecule has 142 valence electrons. The molecule has 1 amide bonds. The van der Waals surface area contributed by atoms with Gasteiger partial charge in [-0.1, -0.05) is 24.3 Å². The van der Waals surface area contributed by atoms with Crippen LogP contribution in [0.3, 0.4) is 0 Å². The van der Waals surface area contributed by atoms with E-state index in [4.69, 9.17) is 4.74 Å². The highest BCUT2D eigenvalue weighted by molar-refractivity contribution is 6.35. The molecule has 26 heavy (non-hydrogen) atoms. The molecule has 0 unspecified atom stereocenters. The van der Waals surface area contributed by atoms with Crippen molar-refractivity contribution in [3.63, 3.8) is 0 Å². The summed E-state index contributed by atoms with van der Waals surface area (Å²) in [6.45, 7) is 5.10. The highest BCUT2D eigenvalue weighted by atomic mass is 16.5. The lowest BCUT2D eigenvalue weighted by Crippen LogP contribution is -2.48. The Morgan fingerprint density at radius 2 is 1.92 bits per heavy atom. The van der Waals surface area contributed by atoms with E-state index in [-0.39, 0.29) is 11.7 Å². The van der Waals surface area contributed by atoms with Gasteiger partial charge in [0.15, 0.2) is 0 Å². The number of ether oxygens (including phenoxy) is 1. The van der Waals surface area contributed by atoms with Crippen LogP contribution in [0.5, 0.6) is 0 Å². The van der Waals surface area contributed by atoms with E-state index in [0.717, 1.165) is 38.8 Å². The van der Waals surface area contributed by atoms with Crippen LogP contribution in [0.25, 0.3) is 0 Å². The molecular weight excluding hydrogens is 328 g/mol. The van der Waals surface area contributed by atoms with Crippen molar-refractivity contribution >= 4 is 11.7 Å². The number of ketones is 1. The zero-order valence-electron chi connectivity index (χ0n) is 15.9. The van der Waals surface area contributed by atoms with E-state index in [2.05, 4.69) is 29.2 Å². The summed E-state index contributed by atoms with van der Waals surface area (Å²) in [4.78, 5) is 28.0. The second kappa shape index (κ2) is 8.78. The molecule has 1 heterocycles. The summed E-state index contributed by atoms with van der Waals surface area (Å²) in [5.74, 6) is -0.347. The first kappa shape index (κ1) is 19.1. The zero-order valence-corrected chi connectivity index (χ0v) is 15.9. The summed E-state index contributed by atoms with van der Waals surface area (Å²) >= 11 is 0. The molecule has 3 rings (SSSR count). The average molecular weight is 358 g/mol. The highest BCUT2D eigenvalue weighted by Crippen LogP contribution is 2.29. The quantitative estimate of drug-likeness (QED) is 0.699. The topological polar surface area (TPSA) is 49.9 Å². The van der Waals surface area contributed by atoms with Gasteiger partial charge in [-0.25, -0.2) is 0 Å². The minimum atomic E-state index is -0.389. The average Bonchev–Trinajstić information content (AvgIpc) is 3.09. The van der Waals surface area contributed by atoms with Gasteiger partial charge in [-0.3, -0.25) is 14.5 Å². The zero-order chi connectivity index (χ0) is 18.5. The first-order chi connectivity index (χ1) is 12.6. The molecule has 1 aromatic rings. The number of Topliss-reactive ketones (excluding diaryl/α,β-unsaturated/α-hetero) is 1. The van der Waals surface area contributed by atoms with E-state index in [1.807, 2.05) is 0 Å². The second-order valence-electron chi connectivity index (χ2n) is 7.63. The lowest BCUT2D eigenvalue weighted by molar-refractivity contribution is -0.144. The molecule has 0 N–H and O–H groups in total. The van der Waals surface area contributed by atoms with Crippen molar-refractivity contribution in [3.05, 3.63) is 35.4 Å². The van der Waals surface area contributed by atoms with Crippen LogP contribution < -0.4 is 0 Å². The fraction of sp³-hybridized carbons (Fsp3) is 0.619. The fourth-order valence-electron chi connectivity index (χ4n) is 4.38. The molecule has 1 aliphatic heterocycles. The van der Waals surface area contributed by atoms with Gasteiger partial charge in [0.2, 0.25) is 5.78 Å². The number of nitrogens with zero attached hydrogens (tertiary/aromatic N) is 2. The van der Waals surface area contributed by atoms with Gasteiger partial charge in [0.25, 0.3) is 5.91 Å². The Labute approximate surface area is 156 Å². The van der Waals surface area contributed by atoms with Crippen LogP contribution in [0.15, 0.2) is 24.3 Å². The molecular formula is C21H30N2O3. The predicted molar refractivity (Wildman–Crippen MR) is 101 cm³/mol. The molecule has 0 radical (unpaired) electrons. The monoisotopic (exact) mass is 358 g/mol. The number of carbonyl (C=O) groups excluding carboxylic acids is 2. The third-order valence-electron chi connectivity index (χ3n) is 5.73. The number of hydrogen-bond acceptors (Lipinski definition) is 4. The Kier molecular flexibility index (Phi) is 6.43. The van der Waals surface area contributed by atoms with Crippen molar-refractivity contribution in [3.8, 4) is 0 Å². The van der Waals surface area contributed by atoms with Crippen LogP contribution in [-0.2, 0) is 27.2 Å². The molecule has 0 spiro atoms. The SMILES string of the molecule is COCCN(C[C@H]1CCCN(C2Cc3ccccc3C2)C1)C(=O)C(C)=O. The number of methoxy groups -OCH3 is 1. The molecule has 1 fully saturated rings.